The summed E-state index contributed by atoms with van der Waals surface area (Å²) in [4.78, 5) is 57.8. The minimum Gasteiger partial charge on any atom is -0.480 e. The first-order chi connectivity index (χ1) is 18.2. The number of carboxylic acid groups (broad SMARTS) is 1. The number of hydrogen-bond acceptors (Lipinski definition) is 8. The fraction of sp³-hybridized carbons (Fsp3) is 0.480. The smallest absolute Gasteiger partial charge is 0.326 e. The fourth-order valence-corrected chi connectivity index (χ4v) is 4.55. The first-order valence-electron chi connectivity index (χ1n) is 12.1. The number of carbonyl (C=O) groups is 4. The van der Waals surface area contributed by atoms with Crippen molar-refractivity contribution in [1.29, 1.82) is 0 Å². The van der Waals surface area contributed by atoms with Crippen molar-refractivity contribution in [2.75, 3.05) is 24.0 Å². The molecule has 38 heavy (non-hydrogen) atoms. The molecule has 0 spiro atoms. The van der Waals surface area contributed by atoms with Gasteiger partial charge in [-0.2, -0.15) is 23.5 Å². The minimum atomic E-state index is -1.14. The summed E-state index contributed by atoms with van der Waals surface area (Å²) in [6.07, 6.45) is 7.71. The van der Waals surface area contributed by atoms with Gasteiger partial charge in [-0.1, -0.05) is 30.3 Å². The Hall–Kier alpha value is -3.03. The van der Waals surface area contributed by atoms with Crippen LogP contribution in [0.4, 0.5) is 0 Å². The molecule has 0 saturated carbocycles. The van der Waals surface area contributed by atoms with E-state index in [0.717, 1.165) is 5.56 Å². The second kappa shape index (κ2) is 16.7. The zero-order valence-electron chi connectivity index (χ0n) is 21.5. The topological polar surface area (TPSA) is 179 Å². The largest absolute Gasteiger partial charge is 0.480 e. The maximum absolute atomic E-state index is 13.4. The number of amides is 3. The lowest BCUT2D eigenvalue weighted by Gasteiger charge is -2.25. The third kappa shape index (κ3) is 10.8. The summed E-state index contributed by atoms with van der Waals surface area (Å²) < 4.78 is 0. The molecule has 2 rings (SSSR count). The molecular weight excluding hydrogens is 528 g/mol. The van der Waals surface area contributed by atoms with E-state index in [4.69, 9.17) is 5.73 Å². The van der Waals surface area contributed by atoms with Crippen molar-refractivity contribution in [1.82, 2.24) is 25.9 Å². The summed E-state index contributed by atoms with van der Waals surface area (Å²) in [5, 5.41) is 17.5. The van der Waals surface area contributed by atoms with E-state index in [0.29, 0.717) is 23.6 Å². The van der Waals surface area contributed by atoms with E-state index in [2.05, 4.69) is 25.9 Å². The summed E-state index contributed by atoms with van der Waals surface area (Å²) in [5.41, 5.74) is 7.56. The minimum absolute atomic E-state index is 0.178. The Morgan fingerprint density at radius 3 is 2.05 bits per heavy atom. The van der Waals surface area contributed by atoms with Gasteiger partial charge in [-0.25, -0.2) is 9.78 Å². The SMILES string of the molecule is CSCCC(NC(=O)C(CCSC)NC(=O)C(Cc1ccccc1)NC(=O)C(N)Cc1cnc[nH]1)C(=O)O. The Labute approximate surface area is 230 Å². The van der Waals surface area contributed by atoms with Gasteiger partial charge in [0.15, 0.2) is 0 Å². The van der Waals surface area contributed by atoms with E-state index < -0.39 is 47.9 Å². The van der Waals surface area contributed by atoms with Crippen LogP contribution in [0.15, 0.2) is 42.9 Å². The zero-order valence-corrected chi connectivity index (χ0v) is 23.1. The summed E-state index contributed by atoms with van der Waals surface area (Å²) in [7, 11) is 0. The molecule has 1 heterocycles. The van der Waals surface area contributed by atoms with Crippen molar-refractivity contribution >= 4 is 47.2 Å². The molecule has 1 aromatic carbocycles. The first kappa shape index (κ1) is 31.2. The highest BCUT2D eigenvalue weighted by atomic mass is 32.2. The number of nitrogens with one attached hydrogen (secondary N) is 4. The van der Waals surface area contributed by atoms with Gasteiger partial charge >= 0.3 is 5.97 Å². The molecule has 0 aliphatic rings. The number of carboxylic acids is 1. The number of benzene rings is 1. The Morgan fingerprint density at radius 1 is 0.895 bits per heavy atom. The van der Waals surface area contributed by atoms with Crippen molar-refractivity contribution in [3.63, 3.8) is 0 Å². The number of aromatic amines is 1. The molecule has 13 heteroatoms. The van der Waals surface area contributed by atoms with Gasteiger partial charge in [-0.05, 0) is 42.4 Å². The zero-order chi connectivity index (χ0) is 27.9. The highest BCUT2D eigenvalue weighted by Crippen LogP contribution is 2.08. The number of nitrogens with zero attached hydrogens (tertiary/aromatic N) is 1. The number of nitrogens with two attached hydrogens (primary N) is 1. The maximum Gasteiger partial charge on any atom is 0.326 e. The quantitative estimate of drug-likeness (QED) is 0.160. The summed E-state index contributed by atoms with van der Waals surface area (Å²) in [5.74, 6) is -1.68. The number of carbonyl (C=O) groups excluding carboxylic acids is 3. The molecule has 0 aliphatic carbocycles. The third-order valence-corrected chi connectivity index (χ3v) is 7.00. The normalized spacial score (nSPS) is 14.1. The van der Waals surface area contributed by atoms with Crippen LogP contribution in [-0.4, -0.2) is 86.9 Å². The average Bonchev–Trinajstić information content (AvgIpc) is 3.41. The van der Waals surface area contributed by atoms with Gasteiger partial charge in [0.2, 0.25) is 17.7 Å². The second-order valence-electron chi connectivity index (χ2n) is 8.66. The van der Waals surface area contributed by atoms with Gasteiger partial charge in [0.25, 0.3) is 0 Å². The number of imidazole rings is 1. The molecule has 4 atom stereocenters. The fourth-order valence-electron chi connectivity index (χ4n) is 3.61. The van der Waals surface area contributed by atoms with Crippen LogP contribution in [0, 0.1) is 0 Å². The lowest BCUT2D eigenvalue weighted by molar-refractivity contribution is -0.142. The van der Waals surface area contributed by atoms with Crippen LogP contribution in [-0.2, 0) is 32.0 Å². The molecule has 0 fully saturated rings. The third-order valence-electron chi connectivity index (χ3n) is 5.72. The van der Waals surface area contributed by atoms with Gasteiger partial charge in [0.05, 0.1) is 12.4 Å². The van der Waals surface area contributed by atoms with E-state index in [9.17, 15) is 24.3 Å². The Bertz CT molecular complexity index is 1020. The van der Waals surface area contributed by atoms with Gasteiger partial charge in [-0.15, -0.1) is 0 Å². The lowest BCUT2D eigenvalue weighted by atomic mass is 10.0. The summed E-state index contributed by atoms with van der Waals surface area (Å²) >= 11 is 2.97. The Balaban J connectivity index is 2.17. The van der Waals surface area contributed by atoms with Crippen LogP contribution in [0.3, 0.4) is 0 Å². The van der Waals surface area contributed by atoms with E-state index in [1.807, 2.05) is 42.8 Å². The monoisotopic (exact) mass is 564 g/mol. The average molecular weight is 565 g/mol. The predicted octanol–water partition coefficient (Wildman–Crippen LogP) is 0.567. The van der Waals surface area contributed by atoms with Crippen molar-refractivity contribution in [2.24, 2.45) is 5.73 Å². The van der Waals surface area contributed by atoms with E-state index >= 15 is 0 Å². The number of thioether (sulfide) groups is 2. The number of hydrogen-bond donors (Lipinski definition) is 6. The molecule has 4 unspecified atom stereocenters. The van der Waals surface area contributed by atoms with Crippen LogP contribution >= 0.6 is 23.5 Å². The van der Waals surface area contributed by atoms with E-state index in [1.165, 1.54) is 29.9 Å². The van der Waals surface area contributed by atoms with Gasteiger partial charge in [0.1, 0.15) is 18.1 Å². The molecule has 0 saturated heterocycles. The maximum atomic E-state index is 13.4. The molecule has 11 nitrogen and oxygen atoms in total. The van der Waals surface area contributed by atoms with Crippen LogP contribution < -0.4 is 21.7 Å². The van der Waals surface area contributed by atoms with Gasteiger partial charge < -0.3 is 31.8 Å². The molecule has 1 aromatic heterocycles. The standard InChI is InChI=1S/C25H36N6O5S2/c1-37-10-8-19(23(33)30-20(25(35)36)9-11-38-2)29-24(34)21(12-16-6-4-3-5-7-16)31-22(32)18(26)13-17-14-27-15-28-17/h3-7,14-15,18-21H,8-13,26H2,1-2H3,(H,27,28)(H,29,34)(H,30,33)(H,31,32)(H,35,36). The molecule has 0 aliphatic heterocycles. The van der Waals surface area contributed by atoms with Crippen LogP contribution in [0.5, 0.6) is 0 Å². The molecule has 0 radical (unpaired) electrons. The molecule has 208 valence electrons. The highest BCUT2D eigenvalue weighted by molar-refractivity contribution is 7.98. The number of H-pyrrole nitrogens is 1. The Kier molecular flexibility index (Phi) is 13.7. The van der Waals surface area contributed by atoms with Gasteiger partial charge in [0, 0.05) is 24.7 Å². The number of aliphatic carboxylic acids is 1. The van der Waals surface area contributed by atoms with Crippen LogP contribution in [0.25, 0.3) is 0 Å². The number of rotatable bonds is 17. The number of aromatic nitrogens is 2. The summed E-state index contributed by atoms with van der Waals surface area (Å²) in [6.45, 7) is 0. The van der Waals surface area contributed by atoms with E-state index in [1.54, 1.807) is 6.20 Å². The second-order valence-corrected chi connectivity index (χ2v) is 10.6. The molecule has 0 bridgehead atoms. The van der Waals surface area contributed by atoms with Crippen molar-refractivity contribution in [3.05, 3.63) is 54.1 Å². The van der Waals surface area contributed by atoms with Crippen molar-refractivity contribution in [3.8, 4) is 0 Å². The highest BCUT2D eigenvalue weighted by Gasteiger charge is 2.30. The lowest BCUT2D eigenvalue weighted by Crippen LogP contribution is -2.58. The first-order valence-corrected chi connectivity index (χ1v) is 14.9. The molecule has 7 N–H and O–H groups in total. The van der Waals surface area contributed by atoms with Crippen LogP contribution in [0.1, 0.15) is 24.1 Å². The van der Waals surface area contributed by atoms with E-state index in [-0.39, 0.29) is 19.3 Å². The van der Waals surface area contributed by atoms with Gasteiger partial charge in [-0.3, -0.25) is 14.4 Å². The Morgan fingerprint density at radius 2 is 1.47 bits per heavy atom. The predicted molar refractivity (Wildman–Crippen MR) is 150 cm³/mol. The molecular formula is C25H36N6O5S2. The molecule has 2 aromatic rings. The van der Waals surface area contributed by atoms with Crippen LogP contribution in [0.2, 0.25) is 0 Å². The van der Waals surface area contributed by atoms with Crippen molar-refractivity contribution in [2.45, 2.75) is 49.9 Å². The summed E-state index contributed by atoms with van der Waals surface area (Å²) in [6, 6.07) is 5.19. The van der Waals surface area contributed by atoms with Crippen molar-refractivity contribution < 1.29 is 24.3 Å². The molecule has 3 amide bonds.